The van der Waals surface area contributed by atoms with Crippen molar-refractivity contribution in [1.29, 1.82) is 0 Å². The maximum atomic E-state index is 14.2. The molecule has 0 bridgehead atoms. The normalized spacial score (nSPS) is 26.2. The molecule has 0 aliphatic carbocycles. The largest absolute Gasteiger partial charge is 0.480 e. The molecule has 1 unspecified atom stereocenters. The highest BCUT2D eigenvalue weighted by molar-refractivity contribution is 5.97. The maximum absolute atomic E-state index is 14.2. The lowest BCUT2D eigenvalue weighted by molar-refractivity contribution is -0.144. The van der Waals surface area contributed by atoms with Gasteiger partial charge in [0.1, 0.15) is 5.56 Å². The zero-order valence-corrected chi connectivity index (χ0v) is 12.6. The van der Waals surface area contributed by atoms with Crippen molar-refractivity contribution in [3.05, 3.63) is 23.9 Å². The molecule has 0 aromatic carbocycles. The number of nitrogens with one attached hydrogen (secondary N) is 1. The number of hydrogen-bond acceptors (Lipinski definition) is 4. The summed E-state index contributed by atoms with van der Waals surface area (Å²) in [6.07, 6.45) is 1.22. The molecule has 3 heterocycles. The average Bonchev–Trinajstić information content (AvgIpc) is 2.84. The van der Waals surface area contributed by atoms with Gasteiger partial charge < -0.3 is 15.0 Å². The van der Waals surface area contributed by atoms with Crippen LogP contribution in [0.2, 0.25) is 0 Å². The highest BCUT2D eigenvalue weighted by Gasteiger charge is 2.55. The van der Waals surface area contributed by atoms with Gasteiger partial charge in [0.25, 0.3) is 11.8 Å². The van der Waals surface area contributed by atoms with Crippen molar-refractivity contribution >= 4 is 11.8 Å². The van der Waals surface area contributed by atoms with E-state index < -0.39 is 36.1 Å². The average molecular weight is 325 g/mol. The number of nitrogens with zero attached hydrogens (tertiary/aromatic N) is 2. The van der Waals surface area contributed by atoms with Gasteiger partial charge in [0.2, 0.25) is 11.8 Å². The third kappa shape index (κ3) is 2.73. The fourth-order valence-electron chi connectivity index (χ4n) is 3.37. The second kappa shape index (κ2) is 5.43. The van der Waals surface area contributed by atoms with E-state index in [4.69, 9.17) is 4.74 Å². The van der Waals surface area contributed by atoms with E-state index in [0.29, 0.717) is 13.0 Å². The van der Waals surface area contributed by atoms with Crippen LogP contribution in [0.4, 0.5) is 8.78 Å². The number of carbonyl (C=O) groups excluding carboxylic acids is 2. The van der Waals surface area contributed by atoms with E-state index in [2.05, 4.69) is 10.3 Å². The summed E-state index contributed by atoms with van der Waals surface area (Å²) in [6.45, 7) is -0.378. The van der Waals surface area contributed by atoms with Crippen molar-refractivity contribution in [1.82, 2.24) is 15.2 Å². The van der Waals surface area contributed by atoms with Crippen molar-refractivity contribution in [2.75, 3.05) is 26.7 Å². The summed E-state index contributed by atoms with van der Waals surface area (Å²) in [4.78, 5) is 29.7. The molecule has 2 fully saturated rings. The quantitative estimate of drug-likeness (QED) is 0.883. The topological polar surface area (TPSA) is 71.5 Å². The van der Waals surface area contributed by atoms with Crippen LogP contribution >= 0.6 is 0 Å². The number of aromatic nitrogens is 1. The Labute approximate surface area is 131 Å². The Kier molecular flexibility index (Phi) is 3.69. The van der Waals surface area contributed by atoms with Crippen LogP contribution < -0.4 is 10.1 Å². The van der Waals surface area contributed by atoms with Crippen molar-refractivity contribution in [3.8, 4) is 5.88 Å². The van der Waals surface area contributed by atoms with Crippen molar-refractivity contribution < 1.29 is 23.1 Å². The molecule has 1 N–H and O–H groups in total. The van der Waals surface area contributed by atoms with Gasteiger partial charge in [-0.15, -0.1) is 0 Å². The van der Waals surface area contributed by atoms with E-state index in [-0.39, 0.29) is 18.0 Å². The van der Waals surface area contributed by atoms with Gasteiger partial charge in [-0.25, -0.2) is 13.8 Å². The van der Waals surface area contributed by atoms with Gasteiger partial charge >= 0.3 is 0 Å². The van der Waals surface area contributed by atoms with Gasteiger partial charge in [-0.3, -0.25) is 9.59 Å². The summed E-state index contributed by atoms with van der Waals surface area (Å²) in [5, 5.41) is 2.59. The van der Waals surface area contributed by atoms with Gasteiger partial charge in [0.15, 0.2) is 0 Å². The molecule has 1 atom stereocenters. The molecule has 1 spiro atoms. The maximum Gasteiger partial charge on any atom is 0.266 e. The third-order valence-electron chi connectivity index (χ3n) is 4.37. The number of rotatable bonds is 2. The first kappa shape index (κ1) is 15.6. The van der Waals surface area contributed by atoms with Crippen LogP contribution in [0.15, 0.2) is 18.3 Å². The van der Waals surface area contributed by atoms with Crippen molar-refractivity contribution in [2.24, 2.45) is 5.41 Å². The molecule has 1 aromatic rings. The van der Waals surface area contributed by atoms with Crippen LogP contribution in [-0.4, -0.2) is 54.4 Å². The van der Waals surface area contributed by atoms with Crippen LogP contribution in [0.1, 0.15) is 23.2 Å². The van der Waals surface area contributed by atoms with Crippen LogP contribution in [0.25, 0.3) is 0 Å². The minimum atomic E-state index is -3.11. The lowest BCUT2D eigenvalue weighted by Crippen LogP contribution is -2.56. The van der Waals surface area contributed by atoms with Gasteiger partial charge in [-0.2, -0.15) is 0 Å². The minimum absolute atomic E-state index is 0.0225. The lowest BCUT2D eigenvalue weighted by Gasteiger charge is -2.42. The summed E-state index contributed by atoms with van der Waals surface area (Å²) < 4.78 is 33.3. The number of methoxy groups -OCH3 is 1. The SMILES string of the molecule is COc1ncccc1C(=O)N1CC(F)(F)CC2(CCNC2=O)C1. The molecule has 0 saturated carbocycles. The molecule has 124 valence electrons. The van der Waals surface area contributed by atoms with E-state index in [0.717, 1.165) is 4.90 Å². The zero-order chi connectivity index (χ0) is 16.7. The fourth-order valence-corrected chi connectivity index (χ4v) is 3.37. The molecular weight excluding hydrogens is 308 g/mol. The predicted molar refractivity (Wildman–Crippen MR) is 76.3 cm³/mol. The summed E-state index contributed by atoms with van der Waals surface area (Å²) in [6, 6.07) is 3.01. The van der Waals surface area contributed by atoms with Crippen molar-refractivity contribution in [2.45, 2.75) is 18.8 Å². The Balaban J connectivity index is 1.92. The first-order chi connectivity index (χ1) is 10.9. The number of ether oxygens (including phenoxy) is 1. The van der Waals surface area contributed by atoms with Gasteiger partial charge in [0, 0.05) is 25.7 Å². The molecule has 0 radical (unpaired) electrons. The van der Waals surface area contributed by atoms with E-state index in [9.17, 15) is 18.4 Å². The van der Waals surface area contributed by atoms with Crippen LogP contribution in [0, 0.1) is 5.41 Å². The number of hydrogen-bond donors (Lipinski definition) is 1. The molecule has 6 nitrogen and oxygen atoms in total. The molecule has 3 rings (SSSR count). The van der Waals surface area contributed by atoms with Gasteiger partial charge in [-0.1, -0.05) is 0 Å². The second-order valence-electron chi connectivity index (χ2n) is 6.04. The van der Waals surface area contributed by atoms with Crippen LogP contribution in [-0.2, 0) is 4.79 Å². The molecule has 23 heavy (non-hydrogen) atoms. The number of likely N-dealkylation sites (tertiary alicyclic amines) is 1. The van der Waals surface area contributed by atoms with Crippen LogP contribution in [0.5, 0.6) is 5.88 Å². The standard InChI is InChI=1S/C15H17F2N3O3/c1-23-11-10(3-2-5-18-11)12(21)20-8-14(4-6-19-13(14)22)7-15(16,17)9-20/h2-3,5H,4,6-9H2,1H3,(H,19,22). The zero-order valence-electron chi connectivity index (χ0n) is 12.6. The monoisotopic (exact) mass is 325 g/mol. The molecule has 2 amide bonds. The number of halogens is 2. The fraction of sp³-hybridized carbons (Fsp3) is 0.533. The third-order valence-corrected chi connectivity index (χ3v) is 4.37. The van der Waals surface area contributed by atoms with Crippen LogP contribution in [0.3, 0.4) is 0 Å². The molecule has 2 saturated heterocycles. The summed E-state index contributed by atoms with van der Waals surface area (Å²) >= 11 is 0. The molecule has 1 aromatic heterocycles. The smallest absolute Gasteiger partial charge is 0.266 e. The number of amides is 2. The second-order valence-corrected chi connectivity index (χ2v) is 6.04. The first-order valence-corrected chi connectivity index (χ1v) is 7.31. The molecular formula is C15H17F2N3O3. The van der Waals surface area contributed by atoms with Gasteiger partial charge in [-0.05, 0) is 18.6 Å². The Morgan fingerprint density at radius 3 is 2.87 bits per heavy atom. The van der Waals surface area contributed by atoms with E-state index in [1.54, 1.807) is 0 Å². The van der Waals surface area contributed by atoms with E-state index in [1.165, 1.54) is 25.4 Å². The van der Waals surface area contributed by atoms with Gasteiger partial charge in [0.05, 0.1) is 19.1 Å². The lowest BCUT2D eigenvalue weighted by atomic mass is 9.77. The van der Waals surface area contributed by atoms with Crippen molar-refractivity contribution in [3.63, 3.8) is 0 Å². The number of carbonyl (C=O) groups is 2. The number of alkyl halides is 2. The Morgan fingerprint density at radius 1 is 1.43 bits per heavy atom. The minimum Gasteiger partial charge on any atom is -0.480 e. The van der Waals surface area contributed by atoms with E-state index in [1.807, 2.05) is 0 Å². The Hall–Kier alpha value is -2.25. The molecule has 2 aliphatic heterocycles. The number of piperidine rings is 1. The summed E-state index contributed by atoms with van der Waals surface area (Å²) in [7, 11) is 1.36. The summed E-state index contributed by atoms with van der Waals surface area (Å²) in [5.41, 5.74) is -1.10. The van der Waals surface area contributed by atoms with E-state index >= 15 is 0 Å². The molecule has 8 heteroatoms. The number of pyridine rings is 1. The highest BCUT2D eigenvalue weighted by Crippen LogP contribution is 2.43. The Bertz CT molecular complexity index is 653. The Morgan fingerprint density at radius 2 is 2.22 bits per heavy atom. The molecule has 2 aliphatic rings. The first-order valence-electron chi connectivity index (χ1n) is 7.31. The highest BCUT2D eigenvalue weighted by atomic mass is 19.3. The summed E-state index contributed by atoms with van der Waals surface area (Å²) in [5.74, 6) is -4.04. The predicted octanol–water partition coefficient (Wildman–Crippen LogP) is 1.08.